The highest BCUT2D eigenvalue weighted by Gasteiger charge is 2.30. The lowest BCUT2D eigenvalue weighted by atomic mass is 9.98. The van der Waals surface area contributed by atoms with Gasteiger partial charge in [-0.05, 0) is 12.1 Å². The van der Waals surface area contributed by atoms with Gasteiger partial charge >= 0.3 is 0 Å². The second-order valence-electron chi connectivity index (χ2n) is 4.36. The Morgan fingerprint density at radius 3 is 2.35 bits per heavy atom. The summed E-state index contributed by atoms with van der Waals surface area (Å²) in [6, 6.07) is 2.92. The monoisotopic (exact) mass is 286 g/mol. The lowest BCUT2D eigenvalue weighted by molar-refractivity contribution is -0.114. The molecule has 0 spiro atoms. The number of aliphatic hydroxyl groups excluding tert-OH is 5. The molecule has 0 bridgehead atoms. The zero-order valence-corrected chi connectivity index (χ0v) is 10.6. The van der Waals surface area contributed by atoms with Crippen molar-refractivity contribution in [1.29, 1.82) is 0 Å². The van der Waals surface area contributed by atoms with Crippen LogP contribution in [-0.4, -0.2) is 67.4 Å². The van der Waals surface area contributed by atoms with Crippen LogP contribution in [0.5, 0.6) is 0 Å². The first kappa shape index (κ1) is 16.5. The fourth-order valence-corrected chi connectivity index (χ4v) is 1.71. The molecular formula is C12H18N2O6. The maximum Gasteiger partial charge on any atom is 0.250 e. The minimum absolute atomic E-state index is 0.0935. The number of nitrogens with two attached hydrogens (primary N) is 1. The predicted molar refractivity (Wildman–Crippen MR) is 67.6 cm³/mol. The third kappa shape index (κ3) is 3.95. The Kier molecular flexibility index (Phi) is 5.99. The average Bonchev–Trinajstić information content (AvgIpc) is 2.45. The highest BCUT2D eigenvalue weighted by Crippen LogP contribution is 2.12. The van der Waals surface area contributed by atoms with Crippen molar-refractivity contribution >= 4 is 5.91 Å². The second kappa shape index (κ2) is 7.27. The van der Waals surface area contributed by atoms with Crippen LogP contribution in [0.25, 0.3) is 0 Å². The van der Waals surface area contributed by atoms with Crippen LogP contribution >= 0.6 is 0 Å². The van der Waals surface area contributed by atoms with Crippen LogP contribution in [0.3, 0.4) is 0 Å². The Morgan fingerprint density at radius 1 is 1.20 bits per heavy atom. The molecule has 7 N–H and O–H groups in total. The minimum atomic E-state index is -1.73. The van der Waals surface area contributed by atoms with Gasteiger partial charge in [-0.1, -0.05) is 0 Å². The van der Waals surface area contributed by atoms with Crippen LogP contribution in [-0.2, 0) is 6.42 Å². The number of carbonyl (C=O) groups is 1. The number of pyridine rings is 1. The van der Waals surface area contributed by atoms with E-state index in [2.05, 4.69) is 4.98 Å². The highest BCUT2D eigenvalue weighted by atomic mass is 16.4. The number of aromatic nitrogens is 1. The quantitative estimate of drug-likeness (QED) is 0.315. The number of hydrogen-bond donors (Lipinski definition) is 6. The van der Waals surface area contributed by atoms with E-state index < -0.39 is 36.9 Å². The Bertz CT molecular complexity index is 455. The zero-order chi connectivity index (χ0) is 15.3. The van der Waals surface area contributed by atoms with E-state index in [1.54, 1.807) is 0 Å². The number of hydrogen-bond acceptors (Lipinski definition) is 7. The topological polar surface area (TPSA) is 157 Å². The number of rotatable bonds is 7. The summed E-state index contributed by atoms with van der Waals surface area (Å²) >= 11 is 0. The Balaban J connectivity index is 2.80. The fourth-order valence-electron chi connectivity index (χ4n) is 1.71. The highest BCUT2D eigenvalue weighted by molar-refractivity contribution is 5.93. The van der Waals surface area contributed by atoms with E-state index in [9.17, 15) is 25.2 Å². The van der Waals surface area contributed by atoms with E-state index in [0.717, 1.165) is 0 Å². The van der Waals surface area contributed by atoms with Gasteiger partial charge in [-0.2, -0.15) is 0 Å². The van der Waals surface area contributed by atoms with Gasteiger partial charge in [0, 0.05) is 12.6 Å². The number of nitrogens with zero attached hydrogens (tertiary/aromatic N) is 1. The zero-order valence-electron chi connectivity index (χ0n) is 10.6. The van der Waals surface area contributed by atoms with Crippen molar-refractivity contribution in [2.75, 3.05) is 6.61 Å². The van der Waals surface area contributed by atoms with E-state index in [0.29, 0.717) is 0 Å². The molecule has 0 saturated carbocycles. The Morgan fingerprint density at radius 2 is 1.80 bits per heavy atom. The summed E-state index contributed by atoms with van der Waals surface area (Å²) in [6.45, 7) is -0.763. The largest absolute Gasteiger partial charge is 0.394 e. The van der Waals surface area contributed by atoms with Crippen LogP contribution in [0.4, 0.5) is 0 Å². The molecule has 1 rings (SSSR count). The van der Waals surface area contributed by atoms with Gasteiger partial charge in [-0.3, -0.25) is 9.78 Å². The molecule has 112 valence electrons. The summed E-state index contributed by atoms with van der Waals surface area (Å²) < 4.78 is 0. The molecular weight excluding hydrogens is 268 g/mol. The molecule has 1 aromatic rings. The lowest BCUT2D eigenvalue weighted by Gasteiger charge is -2.25. The van der Waals surface area contributed by atoms with E-state index in [1.807, 2.05) is 0 Å². The molecule has 8 heteroatoms. The molecule has 20 heavy (non-hydrogen) atoms. The average molecular weight is 286 g/mol. The third-order valence-electron chi connectivity index (χ3n) is 2.88. The van der Waals surface area contributed by atoms with Gasteiger partial charge < -0.3 is 31.3 Å². The summed E-state index contributed by atoms with van der Waals surface area (Å²) in [6.07, 6.45) is -5.36. The van der Waals surface area contributed by atoms with Gasteiger partial charge in [-0.15, -0.1) is 0 Å². The summed E-state index contributed by atoms with van der Waals surface area (Å²) in [5.41, 5.74) is 5.41. The molecule has 0 fully saturated rings. The number of primary amides is 1. The smallest absolute Gasteiger partial charge is 0.250 e. The molecule has 0 unspecified atom stereocenters. The normalized spacial score (nSPS) is 17.2. The predicted octanol–water partition coefficient (Wildman–Crippen LogP) is -2.84. The van der Waals surface area contributed by atoms with E-state index in [1.165, 1.54) is 18.3 Å². The maximum absolute atomic E-state index is 11.2. The van der Waals surface area contributed by atoms with Crippen molar-refractivity contribution in [3.8, 4) is 0 Å². The van der Waals surface area contributed by atoms with Gasteiger partial charge in [0.1, 0.15) is 18.3 Å². The van der Waals surface area contributed by atoms with Crippen molar-refractivity contribution in [3.63, 3.8) is 0 Å². The molecule has 0 aromatic carbocycles. The van der Waals surface area contributed by atoms with Crippen molar-refractivity contribution < 1.29 is 30.3 Å². The van der Waals surface area contributed by atoms with Crippen LogP contribution in [0.1, 0.15) is 16.1 Å². The molecule has 0 radical (unpaired) electrons. The van der Waals surface area contributed by atoms with Crippen molar-refractivity contribution in [1.82, 2.24) is 4.98 Å². The molecule has 1 aromatic heterocycles. The third-order valence-corrected chi connectivity index (χ3v) is 2.88. The first-order valence-electron chi connectivity index (χ1n) is 5.95. The minimum Gasteiger partial charge on any atom is -0.394 e. The summed E-state index contributed by atoms with van der Waals surface area (Å²) in [5, 5.41) is 46.8. The molecule has 4 atom stereocenters. The van der Waals surface area contributed by atoms with E-state index >= 15 is 0 Å². The van der Waals surface area contributed by atoms with Gasteiger partial charge in [0.2, 0.25) is 0 Å². The molecule has 1 heterocycles. The van der Waals surface area contributed by atoms with Crippen LogP contribution in [0.2, 0.25) is 0 Å². The van der Waals surface area contributed by atoms with Gasteiger partial charge in [-0.25, -0.2) is 0 Å². The maximum atomic E-state index is 11.2. The van der Waals surface area contributed by atoms with Gasteiger partial charge in [0.15, 0.2) is 0 Å². The standard InChI is InChI=1S/C12H18N2O6/c13-12(20)6-2-1-3-14-7(6)4-8(16)10(18)11(19)9(17)5-15/h1-3,8-11,15-19H,4-5H2,(H2,13,20)/t8-,9+,10+,11+/m0/s1. The molecule has 0 aliphatic carbocycles. The summed E-state index contributed by atoms with van der Waals surface area (Å²) in [5.74, 6) is -0.731. The van der Waals surface area contributed by atoms with Crippen LogP contribution in [0, 0.1) is 0 Å². The molecule has 0 aliphatic rings. The van der Waals surface area contributed by atoms with E-state index in [4.69, 9.17) is 10.8 Å². The Hall–Kier alpha value is -1.58. The van der Waals surface area contributed by atoms with Crippen LogP contribution in [0.15, 0.2) is 18.3 Å². The summed E-state index contributed by atoms with van der Waals surface area (Å²) in [7, 11) is 0. The number of amides is 1. The van der Waals surface area contributed by atoms with Gasteiger partial charge in [0.05, 0.1) is 24.0 Å². The number of carbonyl (C=O) groups excluding carboxylic acids is 1. The van der Waals surface area contributed by atoms with Crippen molar-refractivity contribution in [3.05, 3.63) is 29.6 Å². The second-order valence-corrected chi connectivity index (χ2v) is 4.36. The van der Waals surface area contributed by atoms with Gasteiger partial charge in [0.25, 0.3) is 5.91 Å². The SMILES string of the molecule is NC(=O)c1cccnc1C[C@H](O)[C@@H](O)[C@H](O)[C@H](O)CO. The molecule has 0 saturated heterocycles. The summed E-state index contributed by atoms with van der Waals surface area (Å²) in [4.78, 5) is 15.1. The number of aliphatic hydroxyl groups is 5. The first-order chi connectivity index (χ1) is 9.38. The Labute approximate surface area is 115 Å². The molecule has 8 nitrogen and oxygen atoms in total. The van der Waals surface area contributed by atoms with Crippen LogP contribution < -0.4 is 5.73 Å². The molecule has 1 amide bonds. The lowest BCUT2D eigenvalue weighted by Crippen LogP contribution is -2.46. The van der Waals surface area contributed by atoms with E-state index in [-0.39, 0.29) is 17.7 Å². The molecule has 0 aliphatic heterocycles. The fraction of sp³-hybridized carbons (Fsp3) is 0.500. The first-order valence-corrected chi connectivity index (χ1v) is 5.95. The van der Waals surface area contributed by atoms with Crippen molar-refractivity contribution in [2.24, 2.45) is 5.73 Å². The van der Waals surface area contributed by atoms with Crippen molar-refractivity contribution in [2.45, 2.75) is 30.8 Å².